The second kappa shape index (κ2) is 5.16. The minimum Gasteiger partial charge on any atom is -0.354 e. The molecule has 4 rings (SSSR count). The van der Waals surface area contributed by atoms with E-state index >= 15 is 0 Å². The van der Waals surface area contributed by atoms with E-state index in [-0.39, 0.29) is 0 Å². The van der Waals surface area contributed by atoms with Crippen LogP contribution in [-0.2, 0) is 6.42 Å². The van der Waals surface area contributed by atoms with Gasteiger partial charge in [0.05, 0.1) is 12.6 Å². The van der Waals surface area contributed by atoms with Crippen molar-refractivity contribution < 1.29 is 0 Å². The van der Waals surface area contributed by atoms with Crippen molar-refractivity contribution in [1.29, 1.82) is 0 Å². The van der Waals surface area contributed by atoms with Gasteiger partial charge in [0.2, 0.25) is 0 Å². The van der Waals surface area contributed by atoms with E-state index in [0.29, 0.717) is 12.1 Å². The Morgan fingerprint density at radius 3 is 2.59 bits per heavy atom. The zero-order chi connectivity index (χ0) is 15.1. The fraction of sp³-hybridized carbons (Fsp3) is 0.316. The van der Waals surface area contributed by atoms with Gasteiger partial charge in [-0.15, -0.1) is 0 Å². The average Bonchev–Trinajstić information content (AvgIpc) is 2.85. The molecule has 0 fully saturated rings. The van der Waals surface area contributed by atoms with Crippen LogP contribution in [0, 0.1) is 0 Å². The Morgan fingerprint density at radius 1 is 1.05 bits per heavy atom. The fourth-order valence-electron chi connectivity index (χ4n) is 3.49. The van der Waals surface area contributed by atoms with Crippen molar-refractivity contribution in [3.63, 3.8) is 0 Å². The lowest BCUT2D eigenvalue weighted by Gasteiger charge is -2.29. The molecule has 2 aromatic carbocycles. The Hall–Kier alpha value is -2.29. The van der Waals surface area contributed by atoms with E-state index in [1.165, 1.54) is 22.4 Å². The van der Waals surface area contributed by atoms with Crippen LogP contribution in [0.3, 0.4) is 0 Å². The zero-order valence-electron chi connectivity index (χ0n) is 13.1. The second-order valence-electron chi connectivity index (χ2n) is 6.35. The third-order valence-corrected chi connectivity index (χ3v) is 4.42. The number of hydrogen-bond acceptors (Lipinski definition) is 3. The molecule has 0 saturated heterocycles. The molecule has 2 heterocycles. The molecule has 0 bridgehead atoms. The summed E-state index contributed by atoms with van der Waals surface area (Å²) in [5.74, 6) is 1.00. The Kier molecular flexibility index (Phi) is 3.14. The topological polar surface area (TPSA) is 27.6 Å². The van der Waals surface area contributed by atoms with Crippen LogP contribution in [0.25, 0.3) is 0 Å². The van der Waals surface area contributed by atoms with Gasteiger partial charge in [-0.25, -0.2) is 0 Å². The first-order valence-corrected chi connectivity index (χ1v) is 8.00. The highest BCUT2D eigenvalue weighted by Crippen LogP contribution is 2.39. The maximum absolute atomic E-state index is 4.79. The van der Waals surface area contributed by atoms with E-state index in [0.717, 1.165) is 18.9 Å². The third-order valence-electron chi connectivity index (χ3n) is 4.42. The second-order valence-corrected chi connectivity index (χ2v) is 6.35. The quantitative estimate of drug-likeness (QED) is 0.870. The van der Waals surface area contributed by atoms with Gasteiger partial charge in [-0.3, -0.25) is 4.99 Å². The highest BCUT2D eigenvalue weighted by molar-refractivity contribution is 6.00. The molecule has 0 radical (unpaired) electrons. The lowest BCUT2D eigenvalue weighted by Crippen LogP contribution is -2.43. The van der Waals surface area contributed by atoms with Crippen molar-refractivity contribution in [2.24, 2.45) is 4.99 Å². The van der Waals surface area contributed by atoms with Crippen molar-refractivity contribution in [1.82, 2.24) is 5.32 Å². The van der Waals surface area contributed by atoms with Crippen molar-refractivity contribution in [3.05, 3.63) is 65.2 Å². The van der Waals surface area contributed by atoms with Crippen LogP contribution in [0.5, 0.6) is 0 Å². The molecule has 2 aromatic rings. The van der Waals surface area contributed by atoms with Crippen molar-refractivity contribution in [3.8, 4) is 0 Å². The van der Waals surface area contributed by atoms with Crippen LogP contribution in [0.2, 0.25) is 0 Å². The predicted molar refractivity (Wildman–Crippen MR) is 91.5 cm³/mol. The lowest BCUT2D eigenvalue weighted by molar-refractivity contribution is 0.712. The number of aliphatic imine (C=N–C) groups is 1. The monoisotopic (exact) mass is 291 g/mol. The number of para-hydroxylation sites is 1. The van der Waals surface area contributed by atoms with E-state index in [4.69, 9.17) is 4.99 Å². The standard InChI is InChI=1S/C19H21N3/c1-13(2)21-19-20-12-18-16-9-5-3-7-14(16)11-15-8-4-6-10-17(15)22(18)19/h3-10,13,18H,11-12H2,1-2H3,(H,20,21). The summed E-state index contributed by atoms with van der Waals surface area (Å²) in [5.41, 5.74) is 5.48. The van der Waals surface area contributed by atoms with Crippen molar-refractivity contribution in [2.45, 2.75) is 32.4 Å². The molecule has 2 aliphatic rings. The average molecular weight is 291 g/mol. The van der Waals surface area contributed by atoms with E-state index in [9.17, 15) is 0 Å². The Morgan fingerprint density at radius 2 is 1.77 bits per heavy atom. The zero-order valence-corrected chi connectivity index (χ0v) is 13.1. The Balaban J connectivity index is 1.87. The van der Waals surface area contributed by atoms with Gasteiger partial charge >= 0.3 is 0 Å². The molecule has 0 aliphatic carbocycles. The summed E-state index contributed by atoms with van der Waals surface area (Å²) in [4.78, 5) is 7.18. The molecule has 0 spiro atoms. The van der Waals surface area contributed by atoms with E-state index in [2.05, 4.69) is 72.6 Å². The van der Waals surface area contributed by atoms with Crippen molar-refractivity contribution in [2.75, 3.05) is 11.4 Å². The number of anilines is 1. The minimum absolute atomic E-state index is 0.307. The van der Waals surface area contributed by atoms with Gasteiger partial charge in [0, 0.05) is 11.7 Å². The molecule has 1 N–H and O–H groups in total. The fourth-order valence-corrected chi connectivity index (χ4v) is 3.49. The molecule has 0 aromatic heterocycles. The van der Waals surface area contributed by atoms with Gasteiger partial charge < -0.3 is 10.2 Å². The Labute approximate surface area is 131 Å². The first-order chi connectivity index (χ1) is 10.7. The predicted octanol–water partition coefficient (Wildman–Crippen LogP) is 3.51. The molecule has 3 nitrogen and oxygen atoms in total. The lowest BCUT2D eigenvalue weighted by atomic mass is 9.97. The summed E-state index contributed by atoms with van der Waals surface area (Å²) in [6, 6.07) is 18.2. The van der Waals surface area contributed by atoms with Crippen LogP contribution >= 0.6 is 0 Å². The van der Waals surface area contributed by atoms with Crippen molar-refractivity contribution >= 4 is 11.6 Å². The number of guanidine groups is 1. The summed E-state index contributed by atoms with van der Waals surface area (Å²) < 4.78 is 0. The van der Waals surface area contributed by atoms with Gasteiger partial charge in [0.25, 0.3) is 0 Å². The largest absolute Gasteiger partial charge is 0.354 e. The normalized spacial score (nSPS) is 19.1. The molecular weight excluding hydrogens is 270 g/mol. The number of benzene rings is 2. The van der Waals surface area contributed by atoms with Crippen LogP contribution in [0.1, 0.15) is 36.6 Å². The molecular formula is C19H21N3. The van der Waals surface area contributed by atoms with E-state index < -0.39 is 0 Å². The first-order valence-electron chi connectivity index (χ1n) is 8.00. The number of nitrogens with zero attached hydrogens (tertiary/aromatic N) is 2. The molecule has 1 atom stereocenters. The molecule has 22 heavy (non-hydrogen) atoms. The molecule has 0 saturated carbocycles. The molecule has 2 aliphatic heterocycles. The molecule has 112 valence electrons. The maximum Gasteiger partial charge on any atom is 0.199 e. The molecule has 1 unspecified atom stereocenters. The van der Waals surface area contributed by atoms with Gasteiger partial charge in [0.1, 0.15) is 0 Å². The van der Waals surface area contributed by atoms with E-state index in [1.807, 2.05) is 0 Å². The van der Waals surface area contributed by atoms with Crippen LogP contribution in [0.4, 0.5) is 5.69 Å². The minimum atomic E-state index is 0.307. The van der Waals surface area contributed by atoms with Gasteiger partial charge in [-0.1, -0.05) is 42.5 Å². The summed E-state index contributed by atoms with van der Waals surface area (Å²) in [6.45, 7) is 5.14. The molecule has 0 amide bonds. The summed E-state index contributed by atoms with van der Waals surface area (Å²) in [6.07, 6.45) is 0.994. The number of nitrogens with one attached hydrogen (secondary N) is 1. The smallest absolute Gasteiger partial charge is 0.199 e. The summed E-state index contributed by atoms with van der Waals surface area (Å²) >= 11 is 0. The summed E-state index contributed by atoms with van der Waals surface area (Å²) in [7, 11) is 0. The maximum atomic E-state index is 4.79. The summed E-state index contributed by atoms with van der Waals surface area (Å²) in [5, 5.41) is 3.52. The van der Waals surface area contributed by atoms with Gasteiger partial charge in [0.15, 0.2) is 5.96 Å². The number of rotatable bonds is 1. The SMILES string of the molecule is CC(C)NC1=NCC2c3ccccc3Cc3ccccc3N12. The third kappa shape index (κ3) is 2.08. The van der Waals surface area contributed by atoms with Crippen LogP contribution in [0.15, 0.2) is 53.5 Å². The first kappa shape index (κ1) is 13.4. The van der Waals surface area contributed by atoms with Gasteiger partial charge in [-0.05, 0) is 43.0 Å². The van der Waals surface area contributed by atoms with Crippen LogP contribution < -0.4 is 10.2 Å². The Bertz CT molecular complexity index is 733. The van der Waals surface area contributed by atoms with Gasteiger partial charge in [-0.2, -0.15) is 0 Å². The number of fused-ring (bicyclic) bond motifs is 5. The molecule has 3 heteroatoms. The van der Waals surface area contributed by atoms with E-state index in [1.54, 1.807) is 0 Å². The number of hydrogen-bond donors (Lipinski definition) is 1. The highest BCUT2D eigenvalue weighted by atomic mass is 15.4. The van der Waals surface area contributed by atoms with Crippen LogP contribution in [-0.4, -0.2) is 18.5 Å². The highest BCUT2D eigenvalue weighted by Gasteiger charge is 2.35.